The first kappa shape index (κ1) is 14.3. The van der Waals surface area contributed by atoms with Crippen LogP contribution in [0.15, 0.2) is 84.9 Å². The number of para-hydroxylation sites is 2. The van der Waals surface area contributed by atoms with Crippen LogP contribution in [0.5, 0.6) is 11.5 Å². The molecule has 24 heavy (non-hydrogen) atoms. The third-order valence-corrected chi connectivity index (χ3v) is 4.30. The quantitative estimate of drug-likeness (QED) is 0.507. The van der Waals surface area contributed by atoms with Crippen LogP contribution in [0.3, 0.4) is 0 Å². The highest BCUT2D eigenvalue weighted by molar-refractivity contribution is 6.05. The Kier molecular flexibility index (Phi) is 3.43. The summed E-state index contributed by atoms with van der Waals surface area (Å²) in [7, 11) is 0. The van der Waals surface area contributed by atoms with Crippen LogP contribution in [0.2, 0.25) is 0 Å². The summed E-state index contributed by atoms with van der Waals surface area (Å²) in [5.74, 6) is 0.454. The van der Waals surface area contributed by atoms with Gasteiger partial charge >= 0.3 is 0 Å². The Morgan fingerprint density at radius 3 is 1.75 bits per heavy atom. The molecule has 0 aliphatic rings. The summed E-state index contributed by atoms with van der Waals surface area (Å²) in [6.45, 7) is 0. The zero-order valence-corrected chi connectivity index (χ0v) is 13.0. The third-order valence-electron chi connectivity index (χ3n) is 4.30. The lowest BCUT2D eigenvalue weighted by atomic mass is 9.89. The SMILES string of the molecule is Oc1ccccc1-c1ccc2ccccc2c1-c1ccccc1O. The van der Waals surface area contributed by atoms with Gasteiger partial charge in [0.1, 0.15) is 11.5 Å². The van der Waals surface area contributed by atoms with Gasteiger partial charge in [-0.05, 0) is 28.5 Å². The van der Waals surface area contributed by atoms with Crippen molar-refractivity contribution in [3.8, 4) is 33.8 Å². The average Bonchev–Trinajstić information content (AvgIpc) is 2.62. The molecule has 0 aliphatic carbocycles. The highest BCUT2D eigenvalue weighted by Crippen LogP contribution is 2.43. The summed E-state index contributed by atoms with van der Waals surface area (Å²) in [4.78, 5) is 0. The number of hydrogen-bond acceptors (Lipinski definition) is 2. The topological polar surface area (TPSA) is 40.5 Å². The Balaban J connectivity index is 2.14. The van der Waals surface area contributed by atoms with E-state index in [0.29, 0.717) is 0 Å². The first-order chi connectivity index (χ1) is 11.8. The van der Waals surface area contributed by atoms with E-state index in [2.05, 4.69) is 0 Å². The zero-order chi connectivity index (χ0) is 16.5. The van der Waals surface area contributed by atoms with E-state index < -0.39 is 0 Å². The fourth-order valence-corrected chi connectivity index (χ4v) is 3.17. The van der Waals surface area contributed by atoms with Gasteiger partial charge in [-0.2, -0.15) is 0 Å². The summed E-state index contributed by atoms with van der Waals surface area (Å²) in [6.07, 6.45) is 0. The fourth-order valence-electron chi connectivity index (χ4n) is 3.17. The lowest BCUT2D eigenvalue weighted by molar-refractivity contribution is 0.476. The number of benzene rings is 4. The maximum Gasteiger partial charge on any atom is 0.123 e. The van der Waals surface area contributed by atoms with Crippen molar-refractivity contribution in [3.05, 3.63) is 84.9 Å². The second-order valence-corrected chi connectivity index (χ2v) is 5.74. The second kappa shape index (κ2) is 5.74. The van der Waals surface area contributed by atoms with Gasteiger partial charge in [0, 0.05) is 16.7 Å². The van der Waals surface area contributed by atoms with E-state index >= 15 is 0 Å². The summed E-state index contributed by atoms with van der Waals surface area (Å²) in [6, 6.07) is 26.7. The molecule has 4 rings (SSSR count). The van der Waals surface area contributed by atoms with E-state index in [1.807, 2.05) is 66.7 Å². The summed E-state index contributed by atoms with van der Waals surface area (Å²) < 4.78 is 0. The van der Waals surface area contributed by atoms with Gasteiger partial charge in [0.25, 0.3) is 0 Å². The number of fused-ring (bicyclic) bond motifs is 1. The van der Waals surface area contributed by atoms with E-state index in [0.717, 1.165) is 33.0 Å². The van der Waals surface area contributed by atoms with E-state index in [9.17, 15) is 10.2 Å². The standard InChI is InChI=1S/C22H16O2/c23-20-11-5-3-9-17(20)18-14-13-15-7-1-2-8-16(15)22(18)19-10-4-6-12-21(19)24/h1-14,23-24H. The van der Waals surface area contributed by atoms with Gasteiger partial charge in [-0.25, -0.2) is 0 Å². The number of rotatable bonds is 2. The van der Waals surface area contributed by atoms with Gasteiger partial charge in [-0.3, -0.25) is 0 Å². The predicted molar refractivity (Wildman–Crippen MR) is 98.1 cm³/mol. The minimum absolute atomic E-state index is 0.226. The Morgan fingerprint density at radius 1 is 0.458 bits per heavy atom. The smallest absolute Gasteiger partial charge is 0.123 e. The van der Waals surface area contributed by atoms with Gasteiger partial charge in [-0.1, -0.05) is 72.8 Å². The zero-order valence-electron chi connectivity index (χ0n) is 13.0. The van der Waals surface area contributed by atoms with Crippen LogP contribution >= 0.6 is 0 Å². The van der Waals surface area contributed by atoms with E-state index in [1.165, 1.54) is 0 Å². The maximum atomic E-state index is 10.4. The molecule has 0 atom stereocenters. The molecule has 0 saturated heterocycles. The van der Waals surface area contributed by atoms with Crippen molar-refractivity contribution in [1.29, 1.82) is 0 Å². The fraction of sp³-hybridized carbons (Fsp3) is 0. The van der Waals surface area contributed by atoms with E-state index in [1.54, 1.807) is 18.2 Å². The minimum atomic E-state index is 0.226. The van der Waals surface area contributed by atoms with Gasteiger partial charge in [0.2, 0.25) is 0 Å². The Hall–Kier alpha value is -3.26. The van der Waals surface area contributed by atoms with Crippen LogP contribution in [-0.2, 0) is 0 Å². The lowest BCUT2D eigenvalue weighted by Crippen LogP contribution is -1.89. The summed E-state index contributed by atoms with van der Waals surface area (Å²) in [5.41, 5.74) is 3.33. The molecule has 0 heterocycles. The molecule has 0 unspecified atom stereocenters. The second-order valence-electron chi connectivity index (χ2n) is 5.74. The largest absolute Gasteiger partial charge is 0.507 e. The van der Waals surface area contributed by atoms with Gasteiger partial charge in [-0.15, -0.1) is 0 Å². The molecule has 116 valence electrons. The molecule has 0 radical (unpaired) electrons. The molecule has 0 saturated carbocycles. The molecular weight excluding hydrogens is 296 g/mol. The molecule has 2 heteroatoms. The average molecular weight is 312 g/mol. The van der Waals surface area contributed by atoms with Crippen molar-refractivity contribution < 1.29 is 10.2 Å². The molecule has 0 amide bonds. The van der Waals surface area contributed by atoms with Gasteiger partial charge in [0.15, 0.2) is 0 Å². The Labute approximate surface area is 140 Å². The first-order valence-corrected chi connectivity index (χ1v) is 7.84. The molecule has 4 aromatic carbocycles. The number of phenols is 2. The van der Waals surface area contributed by atoms with E-state index in [4.69, 9.17) is 0 Å². The predicted octanol–water partition coefficient (Wildman–Crippen LogP) is 5.59. The summed E-state index contributed by atoms with van der Waals surface area (Å²) >= 11 is 0. The van der Waals surface area contributed by atoms with Crippen LogP contribution in [0.4, 0.5) is 0 Å². The molecule has 2 nitrogen and oxygen atoms in total. The van der Waals surface area contributed by atoms with Gasteiger partial charge in [0.05, 0.1) is 0 Å². The maximum absolute atomic E-state index is 10.4. The molecular formula is C22H16O2. The van der Waals surface area contributed by atoms with Crippen molar-refractivity contribution in [2.45, 2.75) is 0 Å². The lowest BCUT2D eigenvalue weighted by Gasteiger charge is -2.16. The highest BCUT2D eigenvalue weighted by Gasteiger charge is 2.16. The van der Waals surface area contributed by atoms with E-state index in [-0.39, 0.29) is 11.5 Å². The Morgan fingerprint density at radius 2 is 1.04 bits per heavy atom. The van der Waals surface area contributed by atoms with Crippen molar-refractivity contribution in [2.24, 2.45) is 0 Å². The van der Waals surface area contributed by atoms with Crippen LogP contribution in [-0.4, -0.2) is 10.2 Å². The van der Waals surface area contributed by atoms with Crippen molar-refractivity contribution >= 4 is 10.8 Å². The van der Waals surface area contributed by atoms with Crippen LogP contribution in [0.1, 0.15) is 0 Å². The van der Waals surface area contributed by atoms with Gasteiger partial charge < -0.3 is 10.2 Å². The minimum Gasteiger partial charge on any atom is -0.507 e. The molecule has 2 N–H and O–H groups in total. The molecule has 0 aliphatic heterocycles. The Bertz CT molecular complexity index is 1030. The number of hydrogen-bond donors (Lipinski definition) is 2. The number of aromatic hydroxyl groups is 2. The number of phenolic OH excluding ortho intramolecular Hbond substituents is 2. The molecule has 0 fully saturated rings. The highest BCUT2D eigenvalue weighted by atomic mass is 16.3. The molecule has 0 spiro atoms. The first-order valence-electron chi connectivity index (χ1n) is 7.84. The van der Waals surface area contributed by atoms with Crippen LogP contribution in [0, 0.1) is 0 Å². The van der Waals surface area contributed by atoms with Crippen LogP contribution < -0.4 is 0 Å². The normalized spacial score (nSPS) is 10.8. The summed E-state index contributed by atoms with van der Waals surface area (Å²) in [5, 5.41) is 22.8. The third kappa shape index (κ3) is 2.29. The van der Waals surface area contributed by atoms with Crippen molar-refractivity contribution in [1.82, 2.24) is 0 Å². The van der Waals surface area contributed by atoms with Crippen molar-refractivity contribution in [2.75, 3.05) is 0 Å². The van der Waals surface area contributed by atoms with Crippen molar-refractivity contribution in [3.63, 3.8) is 0 Å². The van der Waals surface area contributed by atoms with Crippen LogP contribution in [0.25, 0.3) is 33.0 Å². The monoisotopic (exact) mass is 312 g/mol. The molecule has 0 aromatic heterocycles. The molecule has 4 aromatic rings. The molecule has 0 bridgehead atoms.